The Morgan fingerprint density at radius 2 is 1.20 bits per heavy atom. The van der Waals surface area contributed by atoms with Crippen molar-refractivity contribution >= 4 is 39.0 Å². The second-order valence-electron chi connectivity index (χ2n) is 13.0. The predicted molar refractivity (Wildman–Crippen MR) is 203 cm³/mol. The van der Waals surface area contributed by atoms with Crippen LogP contribution in [0.3, 0.4) is 0 Å². The number of hydrogen-bond acceptors (Lipinski definition) is 3. The summed E-state index contributed by atoms with van der Waals surface area (Å²) < 4.78 is 0. The van der Waals surface area contributed by atoms with Gasteiger partial charge < -0.3 is 4.90 Å². The molecule has 0 amide bonds. The fourth-order valence-corrected chi connectivity index (χ4v) is 8.01. The fourth-order valence-electron chi connectivity index (χ4n) is 8.01. The van der Waals surface area contributed by atoms with Crippen molar-refractivity contribution in [3.8, 4) is 33.9 Å². The van der Waals surface area contributed by atoms with E-state index in [0.717, 1.165) is 33.8 Å². The van der Waals surface area contributed by atoms with Crippen molar-refractivity contribution in [3.05, 3.63) is 187 Å². The lowest BCUT2D eigenvalue weighted by Gasteiger charge is -2.31. The van der Waals surface area contributed by atoms with Crippen molar-refractivity contribution in [2.24, 2.45) is 0 Å². The second kappa shape index (κ2) is 11.1. The summed E-state index contributed by atoms with van der Waals surface area (Å²) in [7, 11) is 0. The Kier molecular flexibility index (Phi) is 6.31. The molecule has 1 aliphatic heterocycles. The average Bonchev–Trinajstić information content (AvgIpc) is 3.53. The van der Waals surface area contributed by atoms with E-state index in [-0.39, 0.29) is 12.0 Å². The predicted octanol–water partition coefficient (Wildman–Crippen LogP) is 11.5. The summed E-state index contributed by atoms with van der Waals surface area (Å²) in [6, 6.07) is 58.7. The van der Waals surface area contributed by atoms with Crippen molar-refractivity contribution in [2.45, 2.75) is 12.0 Å². The number of aromatic nitrogens is 2. The van der Waals surface area contributed by atoms with E-state index in [4.69, 9.17) is 9.97 Å². The Morgan fingerprint density at radius 3 is 2.10 bits per heavy atom. The van der Waals surface area contributed by atoms with Crippen LogP contribution in [-0.4, -0.2) is 16.0 Å². The van der Waals surface area contributed by atoms with E-state index >= 15 is 0 Å². The number of fused-ring (bicyclic) bond motifs is 8. The first-order chi connectivity index (χ1) is 24.3. The summed E-state index contributed by atoms with van der Waals surface area (Å²) in [6.07, 6.45) is 4.68. The van der Waals surface area contributed by atoms with Crippen molar-refractivity contribution in [3.63, 3.8) is 0 Å². The zero-order valence-electron chi connectivity index (χ0n) is 26.7. The van der Waals surface area contributed by atoms with E-state index in [9.17, 15) is 0 Å². The molecule has 0 saturated heterocycles. The topological polar surface area (TPSA) is 29.0 Å². The van der Waals surface area contributed by atoms with Crippen LogP contribution in [-0.2, 0) is 0 Å². The monoisotopic (exact) mass is 625 g/mol. The Labute approximate surface area is 285 Å². The molecule has 1 aromatic heterocycles. The van der Waals surface area contributed by atoms with Crippen LogP contribution in [0.5, 0.6) is 0 Å². The van der Waals surface area contributed by atoms with Crippen LogP contribution in [0.2, 0.25) is 0 Å². The van der Waals surface area contributed by atoms with E-state index in [1.54, 1.807) is 0 Å². The van der Waals surface area contributed by atoms with Gasteiger partial charge in [-0.1, -0.05) is 152 Å². The fraction of sp³-hybridized carbons (Fsp3) is 0.0435. The highest BCUT2D eigenvalue weighted by molar-refractivity contribution is 5.98. The summed E-state index contributed by atoms with van der Waals surface area (Å²) in [5.41, 5.74) is 11.4. The minimum atomic E-state index is 0.147. The van der Waals surface area contributed by atoms with Gasteiger partial charge in [0, 0.05) is 34.0 Å². The van der Waals surface area contributed by atoms with Gasteiger partial charge in [0.15, 0.2) is 5.82 Å². The van der Waals surface area contributed by atoms with Gasteiger partial charge in [0.1, 0.15) is 0 Å². The summed E-state index contributed by atoms with van der Waals surface area (Å²) in [5, 5.41) is 4.96. The molecular weight excluding hydrogens is 595 g/mol. The summed E-state index contributed by atoms with van der Waals surface area (Å²) in [6.45, 7) is 0. The molecule has 49 heavy (non-hydrogen) atoms. The van der Waals surface area contributed by atoms with Gasteiger partial charge >= 0.3 is 0 Å². The molecule has 8 aromatic rings. The van der Waals surface area contributed by atoms with E-state index < -0.39 is 0 Å². The Bertz CT molecular complexity index is 2580. The molecule has 0 N–H and O–H groups in total. The largest absolute Gasteiger partial charge is 0.333 e. The third-order valence-electron chi connectivity index (χ3n) is 10.2. The molecule has 0 radical (unpaired) electrons. The van der Waals surface area contributed by atoms with Crippen LogP contribution in [0.15, 0.2) is 170 Å². The number of anilines is 2. The van der Waals surface area contributed by atoms with Crippen molar-refractivity contribution in [1.82, 2.24) is 9.97 Å². The maximum atomic E-state index is 5.27. The SMILES string of the molecule is C1=CC2C(c3ccccc31)c1c(ccc3ccccc13)N2c1cccc(-c2nc(-c3ccccc3)cc(-c3cccc4ccccc34)n2)c1. The number of hydrogen-bond donors (Lipinski definition) is 0. The molecular formula is C46H31N3. The highest BCUT2D eigenvalue weighted by atomic mass is 15.2. The first-order valence-corrected chi connectivity index (χ1v) is 16.9. The van der Waals surface area contributed by atoms with E-state index in [1.165, 1.54) is 43.9 Å². The third-order valence-corrected chi connectivity index (χ3v) is 10.2. The molecule has 2 aliphatic rings. The first kappa shape index (κ1) is 27.8. The van der Waals surface area contributed by atoms with Crippen LogP contribution in [0.25, 0.3) is 61.5 Å². The number of rotatable bonds is 4. The Balaban J connectivity index is 1.16. The van der Waals surface area contributed by atoms with Gasteiger partial charge in [0.05, 0.1) is 17.4 Å². The highest BCUT2D eigenvalue weighted by Crippen LogP contribution is 2.53. The van der Waals surface area contributed by atoms with Gasteiger partial charge in [-0.15, -0.1) is 0 Å². The van der Waals surface area contributed by atoms with Gasteiger partial charge in [-0.05, 0) is 62.5 Å². The standard InChI is InChI=1S/C46H31N3/c1-2-15-33(16-3-1)40-29-41(39-23-11-17-30-12-4-7-20-36(30)39)48-46(47-40)34-18-10-19-35(28-34)49-42-26-24-31-13-5-8-21-37(31)44(42)45-38-22-9-6-14-32(38)25-27-43(45)49/h1-29,42,44H. The van der Waals surface area contributed by atoms with Crippen LogP contribution in [0.4, 0.5) is 11.4 Å². The lowest BCUT2D eigenvalue weighted by atomic mass is 9.80. The van der Waals surface area contributed by atoms with E-state index in [1.807, 2.05) is 6.07 Å². The van der Waals surface area contributed by atoms with Gasteiger partial charge in [0.25, 0.3) is 0 Å². The number of nitrogens with zero attached hydrogens (tertiary/aromatic N) is 3. The second-order valence-corrected chi connectivity index (χ2v) is 13.0. The van der Waals surface area contributed by atoms with Crippen molar-refractivity contribution in [1.29, 1.82) is 0 Å². The molecule has 1 aliphatic carbocycles. The smallest absolute Gasteiger partial charge is 0.160 e. The molecule has 3 nitrogen and oxygen atoms in total. The summed E-state index contributed by atoms with van der Waals surface area (Å²) in [5.74, 6) is 0.937. The molecule has 0 fully saturated rings. The van der Waals surface area contributed by atoms with Gasteiger partial charge in [-0.25, -0.2) is 9.97 Å². The number of benzene rings is 7. The first-order valence-electron chi connectivity index (χ1n) is 16.9. The van der Waals surface area contributed by atoms with Crippen LogP contribution >= 0.6 is 0 Å². The molecule has 2 unspecified atom stereocenters. The lowest BCUT2D eigenvalue weighted by Crippen LogP contribution is -2.30. The maximum absolute atomic E-state index is 5.27. The van der Waals surface area contributed by atoms with Crippen molar-refractivity contribution < 1.29 is 0 Å². The maximum Gasteiger partial charge on any atom is 0.160 e. The molecule has 0 bridgehead atoms. The summed E-state index contributed by atoms with van der Waals surface area (Å²) >= 11 is 0. The van der Waals surface area contributed by atoms with Crippen molar-refractivity contribution in [2.75, 3.05) is 4.90 Å². The van der Waals surface area contributed by atoms with E-state index in [2.05, 4.69) is 175 Å². The highest BCUT2D eigenvalue weighted by Gasteiger charge is 2.42. The molecule has 0 saturated carbocycles. The molecule has 2 atom stereocenters. The zero-order chi connectivity index (χ0) is 32.3. The van der Waals surface area contributed by atoms with Gasteiger partial charge in [-0.2, -0.15) is 0 Å². The minimum Gasteiger partial charge on any atom is -0.333 e. The Morgan fingerprint density at radius 1 is 0.510 bits per heavy atom. The minimum absolute atomic E-state index is 0.147. The molecule has 7 aromatic carbocycles. The van der Waals surface area contributed by atoms with Crippen LogP contribution < -0.4 is 4.90 Å². The van der Waals surface area contributed by atoms with Crippen LogP contribution in [0.1, 0.15) is 22.6 Å². The quantitative estimate of drug-likeness (QED) is 0.195. The van der Waals surface area contributed by atoms with Gasteiger partial charge in [-0.3, -0.25) is 0 Å². The average molecular weight is 626 g/mol. The summed E-state index contributed by atoms with van der Waals surface area (Å²) in [4.78, 5) is 13.0. The molecule has 2 heterocycles. The third kappa shape index (κ3) is 4.51. The van der Waals surface area contributed by atoms with Crippen LogP contribution in [0, 0.1) is 0 Å². The zero-order valence-corrected chi connectivity index (χ0v) is 26.7. The normalized spacial score (nSPS) is 16.0. The molecule has 3 heteroatoms. The molecule has 230 valence electrons. The Hall–Kier alpha value is -6.32. The van der Waals surface area contributed by atoms with E-state index in [0.29, 0.717) is 5.82 Å². The molecule has 0 spiro atoms. The van der Waals surface area contributed by atoms with Gasteiger partial charge in [0.2, 0.25) is 0 Å². The molecule has 10 rings (SSSR count). The lowest BCUT2D eigenvalue weighted by molar-refractivity contribution is 0.727.